The lowest BCUT2D eigenvalue weighted by Gasteiger charge is -2.33. The molecule has 170 valence electrons. The van der Waals surface area contributed by atoms with Crippen molar-refractivity contribution in [1.29, 1.82) is 0 Å². The zero-order valence-electron chi connectivity index (χ0n) is 18.2. The van der Waals surface area contributed by atoms with E-state index in [1.807, 2.05) is 30.3 Å². The maximum absolute atomic E-state index is 13.2. The van der Waals surface area contributed by atoms with Crippen molar-refractivity contribution in [3.8, 4) is 11.5 Å². The number of carbonyl (C=O) groups excluding carboxylic acids is 2. The summed E-state index contributed by atoms with van der Waals surface area (Å²) in [6.45, 7) is 4.33. The Bertz CT molecular complexity index is 931. The lowest BCUT2D eigenvalue weighted by atomic mass is 10.1. The number of ether oxygens (including phenoxy) is 3. The molecule has 2 aliphatic rings. The van der Waals surface area contributed by atoms with Crippen LogP contribution >= 0.6 is 0 Å². The highest BCUT2D eigenvalue weighted by Gasteiger charge is 2.26. The van der Waals surface area contributed by atoms with Gasteiger partial charge in [-0.1, -0.05) is 12.1 Å². The van der Waals surface area contributed by atoms with Gasteiger partial charge in [0.15, 0.2) is 11.5 Å². The van der Waals surface area contributed by atoms with E-state index in [2.05, 4.69) is 10.3 Å². The summed E-state index contributed by atoms with van der Waals surface area (Å²) in [5, 5.41) is 3.14. The first kappa shape index (κ1) is 21.7. The zero-order valence-corrected chi connectivity index (χ0v) is 18.2. The molecule has 9 nitrogen and oxygen atoms in total. The Hall–Kier alpha value is -3.49. The van der Waals surface area contributed by atoms with Crippen LogP contribution in [0, 0.1) is 0 Å². The van der Waals surface area contributed by atoms with Gasteiger partial charge in [0.05, 0.1) is 6.61 Å². The molecule has 1 N–H and O–H groups in total. The second-order valence-electron chi connectivity index (χ2n) is 7.81. The molecule has 1 aromatic heterocycles. The van der Waals surface area contributed by atoms with Gasteiger partial charge in [-0.25, -0.2) is 9.59 Å². The van der Waals surface area contributed by atoms with E-state index < -0.39 is 0 Å². The van der Waals surface area contributed by atoms with Gasteiger partial charge in [-0.3, -0.25) is 4.98 Å². The number of hydrogen-bond donors (Lipinski definition) is 1. The van der Waals surface area contributed by atoms with Gasteiger partial charge in [-0.15, -0.1) is 0 Å². The number of nitrogens with zero attached hydrogens (tertiary/aromatic N) is 3. The van der Waals surface area contributed by atoms with Gasteiger partial charge in [0.25, 0.3) is 0 Å². The molecule has 0 bridgehead atoms. The summed E-state index contributed by atoms with van der Waals surface area (Å²) in [7, 11) is 0. The first-order valence-corrected chi connectivity index (χ1v) is 10.9. The number of carbonyl (C=O) groups is 2. The van der Waals surface area contributed by atoms with Crippen LogP contribution < -0.4 is 14.8 Å². The highest BCUT2D eigenvalue weighted by molar-refractivity contribution is 5.74. The van der Waals surface area contributed by atoms with Crippen molar-refractivity contribution in [2.75, 3.05) is 26.5 Å². The molecular weight excluding hydrogens is 412 g/mol. The fraction of sp³-hybridized carbons (Fsp3) is 0.435. The molecule has 3 amide bonds. The number of pyridine rings is 1. The zero-order chi connectivity index (χ0) is 22.3. The summed E-state index contributed by atoms with van der Waals surface area (Å²) in [5.74, 6) is 1.40. The van der Waals surface area contributed by atoms with Crippen molar-refractivity contribution >= 4 is 12.1 Å². The second-order valence-corrected chi connectivity index (χ2v) is 7.81. The van der Waals surface area contributed by atoms with Gasteiger partial charge in [-0.2, -0.15) is 0 Å². The molecule has 1 aromatic carbocycles. The molecule has 2 aliphatic heterocycles. The van der Waals surface area contributed by atoms with Crippen molar-refractivity contribution in [3.63, 3.8) is 0 Å². The van der Waals surface area contributed by atoms with Crippen LogP contribution in [0.15, 0.2) is 42.7 Å². The molecule has 0 spiro atoms. The summed E-state index contributed by atoms with van der Waals surface area (Å²) in [6, 6.07) is 9.37. The second kappa shape index (κ2) is 10.2. The maximum atomic E-state index is 13.2. The van der Waals surface area contributed by atoms with Crippen molar-refractivity contribution in [1.82, 2.24) is 20.1 Å². The Morgan fingerprint density at radius 2 is 1.94 bits per heavy atom. The van der Waals surface area contributed by atoms with Crippen LogP contribution in [0.4, 0.5) is 9.59 Å². The standard InChI is InChI=1S/C23H28N4O5/c1-2-30-23(29)26-10-7-19(8-11-26)25-22(28)27(15-18-4-3-9-24-13-18)14-17-5-6-20-21(12-17)32-16-31-20/h3-6,9,12-13,19H,2,7-8,10-11,14-16H2,1H3,(H,25,28). The first-order valence-electron chi connectivity index (χ1n) is 10.9. The largest absolute Gasteiger partial charge is 0.454 e. The average molecular weight is 441 g/mol. The fourth-order valence-electron chi connectivity index (χ4n) is 3.86. The Morgan fingerprint density at radius 3 is 2.69 bits per heavy atom. The van der Waals surface area contributed by atoms with Gasteiger partial charge >= 0.3 is 12.1 Å². The van der Waals surface area contributed by atoms with E-state index in [-0.39, 0.29) is 25.0 Å². The maximum Gasteiger partial charge on any atom is 0.409 e. The van der Waals surface area contributed by atoms with Crippen LogP contribution in [0.25, 0.3) is 0 Å². The lowest BCUT2D eigenvalue weighted by molar-refractivity contribution is 0.0949. The summed E-state index contributed by atoms with van der Waals surface area (Å²) in [4.78, 5) is 32.7. The SMILES string of the molecule is CCOC(=O)N1CCC(NC(=O)N(Cc2cccnc2)Cc2ccc3c(c2)OCO3)CC1. The number of amides is 3. The quantitative estimate of drug-likeness (QED) is 0.742. The minimum Gasteiger partial charge on any atom is -0.454 e. The van der Waals surface area contributed by atoms with Crippen LogP contribution in [-0.2, 0) is 17.8 Å². The van der Waals surface area contributed by atoms with E-state index in [4.69, 9.17) is 14.2 Å². The molecule has 0 atom stereocenters. The number of likely N-dealkylation sites (tertiary alicyclic amines) is 1. The Labute approximate surface area is 187 Å². The predicted molar refractivity (Wildman–Crippen MR) is 116 cm³/mol. The van der Waals surface area contributed by atoms with Crippen LogP contribution in [0.3, 0.4) is 0 Å². The number of fused-ring (bicyclic) bond motifs is 1. The average Bonchev–Trinajstić information content (AvgIpc) is 3.28. The summed E-state index contributed by atoms with van der Waals surface area (Å²) < 4.78 is 15.9. The molecule has 0 radical (unpaired) electrons. The summed E-state index contributed by atoms with van der Waals surface area (Å²) >= 11 is 0. The van der Waals surface area contributed by atoms with Crippen molar-refractivity contribution < 1.29 is 23.8 Å². The van der Waals surface area contributed by atoms with Gasteiger partial charge < -0.3 is 29.3 Å². The van der Waals surface area contributed by atoms with Crippen LogP contribution in [0.2, 0.25) is 0 Å². The number of hydrogen-bond acceptors (Lipinski definition) is 6. The molecule has 32 heavy (non-hydrogen) atoms. The first-order chi connectivity index (χ1) is 15.6. The van der Waals surface area contributed by atoms with Gasteiger partial charge in [0, 0.05) is 44.6 Å². The number of piperidine rings is 1. The van der Waals surface area contributed by atoms with E-state index in [0.717, 1.165) is 11.1 Å². The Morgan fingerprint density at radius 1 is 1.16 bits per heavy atom. The van der Waals surface area contributed by atoms with Gasteiger partial charge in [0.2, 0.25) is 6.79 Å². The lowest BCUT2D eigenvalue weighted by Crippen LogP contribution is -2.50. The minimum atomic E-state index is -0.293. The van der Waals surface area contributed by atoms with Crippen LogP contribution in [-0.4, -0.2) is 59.4 Å². The van der Waals surface area contributed by atoms with Gasteiger partial charge in [0.1, 0.15) is 0 Å². The van der Waals surface area contributed by atoms with Crippen molar-refractivity contribution in [3.05, 3.63) is 53.9 Å². The fourth-order valence-corrected chi connectivity index (χ4v) is 3.86. The third kappa shape index (κ3) is 5.40. The molecule has 0 aliphatic carbocycles. The van der Waals surface area contributed by atoms with E-state index in [1.165, 1.54) is 0 Å². The van der Waals surface area contributed by atoms with E-state index in [0.29, 0.717) is 57.1 Å². The Balaban J connectivity index is 1.40. The number of urea groups is 1. The summed E-state index contributed by atoms with van der Waals surface area (Å²) in [6.07, 6.45) is 4.56. The van der Waals surface area contributed by atoms with Gasteiger partial charge in [-0.05, 0) is 49.1 Å². The third-order valence-electron chi connectivity index (χ3n) is 5.54. The third-order valence-corrected chi connectivity index (χ3v) is 5.54. The van der Waals surface area contributed by atoms with Crippen molar-refractivity contribution in [2.45, 2.75) is 38.9 Å². The van der Waals surface area contributed by atoms with E-state index in [1.54, 1.807) is 29.1 Å². The molecule has 0 saturated carbocycles. The van der Waals surface area contributed by atoms with Crippen LogP contribution in [0.5, 0.6) is 11.5 Å². The number of rotatable bonds is 6. The minimum absolute atomic E-state index is 0.00123. The molecule has 0 unspecified atom stereocenters. The number of benzene rings is 1. The molecule has 1 fully saturated rings. The van der Waals surface area contributed by atoms with E-state index >= 15 is 0 Å². The van der Waals surface area contributed by atoms with Crippen molar-refractivity contribution in [2.24, 2.45) is 0 Å². The number of nitrogens with one attached hydrogen (secondary N) is 1. The molecule has 1 saturated heterocycles. The predicted octanol–water partition coefficient (Wildman–Crippen LogP) is 3.14. The normalized spacial score (nSPS) is 15.3. The highest BCUT2D eigenvalue weighted by Crippen LogP contribution is 2.33. The van der Waals surface area contributed by atoms with Crippen LogP contribution in [0.1, 0.15) is 30.9 Å². The molecule has 9 heteroatoms. The molecule has 3 heterocycles. The molecule has 4 rings (SSSR count). The number of aromatic nitrogens is 1. The summed E-state index contributed by atoms with van der Waals surface area (Å²) in [5.41, 5.74) is 1.89. The topological polar surface area (TPSA) is 93.2 Å². The monoisotopic (exact) mass is 440 g/mol. The Kier molecular flexibility index (Phi) is 6.94. The highest BCUT2D eigenvalue weighted by atomic mass is 16.7. The molecule has 2 aromatic rings. The van der Waals surface area contributed by atoms with E-state index in [9.17, 15) is 9.59 Å². The smallest absolute Gasteiger partial charge is 0.409 e. The molecular formula is C23H28N4O5.